The fourth-order valence-corrected chi connectivity index (χ4v) is 4.04. The molecule has 0 saturated carbocycles. The average Bonchev–Trinajstić information content (AvgIpc) is 3.22. The maximum Gasteiger partial charge on any atom is 0.412 e. The van der Waals surface area contributed by atoms with E-state index in [1.54, 1.807) is 67.8 Å². The average molecular weight is 553 g/mol. The number of benzene rings is 2. The largest absolute Gasteiger partial charge is 0.465 e. The monoisotopic (exact) mass is 552 g/mol. The van der Waals surface area contributed by atoms with Crippen molar-refractivity contribution in [1.82, 2.24) is 4.57 Å². The number of methoxy groups -OCH3 is 1. The van der Waals surface area contributed by atoms with Crippen LogP contribution in [0.25, 0.3) is 22.2 Å². The summed E-state index contributed by atoms with van der Waals surface area (Å²) in [7, 11) is 1.29. The molecule has 0 unspecified atom stereocenters. The van der Waals surface area contributed by atoms with Crippen molar-refractivity contribution in [1.29, 1.82) is 0 Å². The van der Waals surface area contributed by atoms with Gasteiger partial charge in [-0.25, -0.2) is 9.59 Å². The second-order valence-electron chi connectivity index (χ2n) is 9.92. The molecule has 3 aromatic rings. The van der Waals surface area contributed by atoms with Crippen LogP contribution in [0.4, 0.5) is 10.5 Å². The van der Waals surface area contributed by atoms with Crippen LogP contribution in [0.5, 0.6) is 0 Å². The van der Waals surface area contributed by atoms with Crippen LogP contribution >= 0.6 is 0 Å². The van der Waals surface area contributed by atoms with Gasteiger partial charge in [0.25, 0.3) is 0 Å². The van der Waals surface area contributed by atoms with E-state index in [0.29, 0.717) is 33.4 Å². The molecule has 0 aliphatic rings. The number of hydrogen-bond donors (Lipinski definition) is 1. The fraction of sp³-hybridized carbons (Fsp3) is 0.303. The zero-order valence-electron chi connectivity index (χ0n) is 23.8. The normalized spacial score (nSPS) is 10.3. The van der Waals surface area contributed by atoms with Gasteiger partial charge in [0.2, 0.25) is 0 Å². The van der Waals surface area contributed by atoms with Gasteiger partial charge in [0.1, 0.15) is 12.1 Å². The number of rotatable bonds is 8. The van der Waals surface area contributed by atoms with Crippen LogP contribution < -0.4 is 5.32 Å². The van der Waals surface area contributed by atoms with Crippen molar-refractivity contribution < 1.29 is 28.6 Å². The van der Waals surface area contributed by atoms with Crippen molar-refractivity contribution >= 4 is 34.6 Å². The summed E-state index contributed by atoms with van der Waals surface area (Å²) in [6.45, 7) is 7.41. The molecular formula is C33H32N2O6. The SMILES string of the molecule is C#CC#CC#Cc1c(-c2ccccc2NC(=O)OC(C)(C)C)n(CC(=O)OCCCC)c2cc(C(=O)OC)ccc12. The molecule has 8 heteroatoms. The van der Waals surface area contributed by atoms with Gasteiger partial charge in [-0.05, 0) is 75.0 Å². The van der Waals surface area contributed by atoms with Crippen LogP contribution in [0.15, 0.2) is 42.5 Å². The molecule has 41 heavy (non-hydrogen) atoms. The van der Waals surface area contributed by atoms with Gasteiger partial charge in [-0.15, -0.1) is 6.42 Å². The maximum absolute atomic E-state index is 13.0. The van der Waals surface area contributed by atoms with Crippen molar-refractivity contribution in [2.75, 3.05) is 19.0 Å². The first kappa shape index (κ1) is 30.4. The Hall–Kier alpha value is -5.13. The Morgan fingerprint density at radius 1 is 1.05 bits per heavy atom. The van der Waals surface area contributed by atoms with Gasteiger partial charge < -0.3 is 18.8 Å². The predicted molar refractivity (Wildman–Crippen MR) is 158 cm³/mol. The van der Waals surface area contributed by atoms with E-state index in [9.17, 15) is 14.4 Å². The maximum atomic E-state index is 13.0. The lowest BCUT2D eigenvalue weighted by atomic mass is 10.0. The third kappa shape index (κ3) is 7.94. The molecule has 0 fully saturated rings. The highest BCUT2D eigenvalue weighted by molar-refractivity contribution is 6.02. The number of esters is 2. The minimum absolute atomic E-state index is 0.182. The van der Waals surface area contributed by atoms with E-state index in [0.717, 1.165) is 12.8 Å². The van der Waals surface area contributed by atoms with E-state index in [2.05, 4.69) is 34.9 Å². The van der Waals surface area contributed by atoms with Crippen LogP contribution in [0, 0.1) is 36.0 Å². The Morgan fingerprint density at radius 2 is 1.80 bits per heavy atom. The van der Waals surface area contributed by atoms with Crippen LogP contribution in [-0.2, 0) is 25.5 Å². The summed E-state index contributed by atoms with van der Waals surface area (Å²) >= 11 is 0. The lowest BCUT2D eigenvalue weighted by Gasteiger charge is -2.21. The molecule has 0 saturated heterocycles. The van der Waals surface area contributed by atoms with Crippen LogP contribution in [0.2, 0.25) is 0 Å². The number of aromatic nitrogens is 1. The number of terminal acetylenes is 1. The van der Waals surface area contributed by atoms with Gasteiger partial charge in [0.05, 0.1) is 41.7 Å². The van der Waals surface area contributed by atoms with Gasteiger partial charge in [0.15, 0.2) is 0 Å². The molecule has 210 valence electrons. The molecule has 0 spiro atoms. The van der Waals surface area contributed by atoms with E-state index < -0.39 is 23.6 Å². The second kappa shape index (κ2) is 13.8. The lowest BCUT2D eigenvalue weighted by molar-refractivity contribution is -0.144. The number of nitrogens with one attached hydrogen (secondary N) is 1. The fourth-order valence-electron chi connectivity index (χ4n) is 4.04. The highest BCUT2D eigenvalue weighted by Gasteiger charge is 2.24. The molecular weight excluding hydrogens is 520 g/mol. The summed E-state index contributed by atoms with van der Waals surface area (Å²) in [5.41, 5.74) is 2.12. The summed E-state index contributed by atoms with van der Waals surface area (Å²) in [5.74, 6) is 12.1. The van der Waals surface area contributed by atoms with E-state index in [-0.39, 0.29) is 18.7 Å². The van der Waals surface area contributed by atoms with E-state index in [1.807, 2.05) is 6.92 Å². The number of fused-ring (bicyclic) bond motifs is 1. The standard InChI is InChI=1S/C33H32N2O6/c1-7-9-11-12-15-25-24-19-18-23(31(37)39-6)21-28(24)35(22-29(36)40-20-10-8-2)30(25)26-16-13-14-17-27(26)34-32(38)41-33(3,4)5/h1,13-14,16-19,21H,8,10,20,22H2,2-6H3,(H,34,38). The van der Waals surface area contributed by atoms with E-state index >= 15 is 0 Å². The third-order valence-electron chi connectivity index (χ3n) is 5.74. The minimum Gasteiger partial charge on any atom is -0.465 e. The number of unbranched alkanes of at least 4 members (excludes halogenated alkanes) is 1. The Labute approximate surface area is 240 Å². The third-order valence-corrected chi connectivity index (χ3v) is 5.74. The number of hydrogen-bond acceptors (Lipinski definition) is 6. The highest BCUT2D eigenvalue weighted by Crippen LogP contribution is 2.38. The Morgan fingerprint density at radius 3 is 2.49 bits per heavy atom. The van der Waals surface area contributed by atoms with Crippen molar-refractivity contribution in [3.63, 3.8) is 0 Å². The van der Waals surface area contributed by atoms with Gasteiger partial charge >= 0.3 is 18.0 Å². The summed E-state index contributed by atoms with van der Waals surface area (Å²) in [6, 6.07) is 12.0. The predicted octanol–water partition coefficient (Wildman–Crippen LogP) is 5.77. The molecule has 1 N–H and O–H groups in total. The summed E-state index contributed by atoms with van der Waals surface area (Å²) < 4.78 is 17.6. The van der Waals surface area contributed by atoms with Crippen LogP contribution in [0.3, 0.4) is 0 Å². The second-order valence-corrected chi connectivity index (χ2v) is 9.92. The highest BCUT2D eigenvalue weighted by atomic mass is 16.6. The molecule has 0 bridgehead atoms. The first-order valence-corrected chi connectivity index (χ1v) is 13.1. The lowest BCUT2D eigenvalue weighted by Crippen LogP contribution is -2.27. The number of ether oxygens (including phenoxy) is 3. The summed E-state index contributed by atoms with van der Waals surface area (Å²) in [6.07, 6.45) is 6.21. The van der Waals surface area contributed by atoms with Gasteiger partial charge in [0, 0.05) is 10.9 Å². The Bertz CT molecular complexity index is 1630. The summed E-state index contributed by atoms with van der Waals surface area (Å²) in [5, 5.41) is 3.46. The zero-order chi connectivity index (χ0) is 30.0. The first-order valence-electron chi connectivity index (χ1n) is 13.1. The number of amides is 1. The van der Waals surface area contributed by atoms with Crippen LogP contribution in [0.1, 0.15) is 56.5 Å². The van der Waals surface area contributed by atoms with Gasteiger partial charge in [-0.1, -0.05) is 37.6 Å². The molecule has 0 atom stereocenters. The molecule has 1 aromatic heterocycles. The topological polar surface area (TPSA) is 95.9 Å². The Balaban J connectivity index is 2.33. The van der Waals surface area contributed by atoms with Crippen LogP contribution in [-0.4, -0.2) is 41.9 Å². The van der Waals surface area contributed by atoms with Crippen molar-refractivity contribution in [3.05, 3.63) is 53.6 Å². The molecule has 3 rings (SSSR count). The quantitative estimate of drug-likeness (QED) is 0.165. The van der Waals surface area contributed by atoms with Crippen molar-refractivity contribution in [2.45, 2.75) is 52.7 Å². The van der Waals surface area contributed by atoms with Gasteiger partial charge in [-0.3, -0.25) is 10.1 Å². The Kier molecular flexibility index (Phi) is 10.2. The number of carbonyl (C=O) groups is 3. The summed E-state index contributed by atoms with van der Waals surface area (Å²) in [4.78, 5) is 38.2. The molecule has 1 heterocycles. The molecule has 0 radical (unpaired) electrons. The number of nitrogens with zero attached hydrogens (tertiary/aromatic N) is 1. The number of anilines is 1. The molecule has 0 aliphatic heterocycles. The van der Waals surface area contributed by atoms with Crippen molar-refractivity contribution in [3.8, 4) is 47.3 Å². The first-order chi connectivity index (χ1) is 19.6. The zero-order valence-corrected chi connectivity index (χ0v) is 23.8. The molecule has 8 nitrogen and oxygen atoms in total. The molecule has 2 aromatic carbocycles. The van der Waals surface area contributed by atoms with E-state index in [4.69, 9.17) is 20.6 Å². The van der Waals surface area contributed by atoms with E-state index in [1.165, 1.54) is 7.11 Å². The smallest absolute Gasteiger partial charge is 0.412 e. The minimum atomic E-state index is -0.715. The number of carbonyl (C=O) groups excluding carboxylic acids is 3. The van der Waals surface area contributed by atoms with Gasteiger partial charge in [-0.2, -0.15) is 0 Å². The van der Waals surface area contributed by atoms with Crippen molar-refractivity contribution in [2.24, 2.45) is 0 Å². The number of para-hydroxylation sites is 1. The molecule has 1 amide bonds. The molecule has 0 aliphatic carbocycles.